The summed E-state index contributed by atoms with van der Waals surface area (Å²) in [6, 6.07) is 0. The lowest BCUT2D eigenvalue weighted by Crippen LogP contribution is -2.48. The molecule has 0 aromatic carbocycles. The third kappa shape index (κ3) is 13.7. The lowest BCUT2D eigenvalue weighted by molar-refractivity contribution is 0.0476. The number of amides is 1. The molecule has 0 aliphatic carbocycles. The molecule has 7 heteroatoms. The standard InChI is InChI=1S/C14H28N4O2.HI/c1-10(2)8-16-11(15)17-9-14(6,7)18-12(19)20-13(3,4)5;/h1,8-9H2,2-7H3,(H,18,19)(H3,15,16,17);1H. The summed E-state index contributed by atoms with van der Waals surface area (Å²) >= 11 is 0. The highest BCUT2D eigenvalue weighted by Gasteiger charge is 2.24. The zero-order chi connectivity index (χ0) is 16.0. The number of aliphatic imine (C=N–C) groups is 1. The molecule has 6 nitrogen and oxygen atoms in total. The van der Waals surface area contributed by atoms with E-state index in [-0.39, 0.29) is 24.0 Å². The maximum absolute atomic E-state index is 11.7. The molecule has 1 amide bonds. The van der Waals surface area contributed by atoms with Crippen LogP contribution in [0.3, 0.4) is 0 Å². The fraction of sp³-hybridized carbons (Fsp3) is 0.714. The van der Waals surface area contributed by atoms with E-state index in [0.29, 0.717) is 19.0 Å². The third-order valence-corrected chi connectivity index (χ3v) is 2.06. The number of alkyl carbamates (subject to hydrolysis) is 1. The molecule has 0 atom stereocenters. The Morgan fingerprint density at radius 1 is 1.29 bits per heavy atom. The van der Waals surface area contributed by atoms with E-state index < -0.39 is 17.2 Å². The van der Waals surface area contributed by atoms with Gasteiger partial charge in [-0.2, -0.15) is 0 Å². The van der Waals surface area contributed by atoms with E-state index in [1.807, 2.05) is 41.5 Å². The molecular formula is C14H29IN4O2. The maximum atomic E-state index is 11.7. The Labute approximate surface area is 145 Å². The number of carbonyl (C=O) groups is 1. The van der Waals surface area contributed by atoms with Gasteiger partial charge in [0.05, 0.1) is 12.1 Å². The van der Waals surface area contributed by atoms with Crippen molar-refractivity contribution in [2.45, 2.75) is 52.7 Å². The Morgan fingerprint density at radius 3 is 2.24 bits per heavy atom. The first-order valence-corrected chi connectivity index (χ1v) is 6.61. The van der Waals surface area contributed by atoms with Crippen molar-refractivity contribution in [3.63, 3.8) is 0 Å². The Kier molecular flexibility index (Phi) is 9.68. The Bertz CT molecular complexity index is 387. The zero-order valence-corrected chi connectivity index (χ0v) is 16.2. The number of hydrogen-bond donors (Lipinski definition) is 3. The van der Waals surface area contributed by atoms with E-state index in [2.05, 4.69) is 22.2 Å². The molecular weight excluding hydrogens is 383 g/mol. The lowest BCUT2D eigenvalue weighted by Gasteiger charge is -2.27. The van der Waals surface area contributed by atoms with Gasteiger partial charge >= 0.3 is 6.09 Å². The van der Waals surface area contributed by atoms with Gasteiger partial charge in [-0.15, -0.1) is 24.0 Å². The SMILES string of the molecule is C=C(C)CNC(N)=NCC(C)(C)NC(=O)OC(C)(C)C.I. The summed E-state index contributed by atoms with van der Waals surface area (Å²) in [6.07, 6.45) is -0.467. The second-order valence-electron chi connectivity index (χ2n) is 6.52. The second kappa shape index (κ2) is 9.11. The second-order valence-corrected chi connectivity index (χ2v) is 6.52. The molecule has 4 N–H and O–H groups in total. The Morgan fingerprint density at radius 2 is 1.81 bits per heavy atom. The molecule has 124 valence electrons. The van der Waals surface area contributed by atoms with Crippen molar-refractivity contribution < 1.29 is 9.53 Å². The molecule has 0 bridgehead atoms. The van der Waals surface area contributed by atoms with Crippen molar-refractivity contribution in [1.82, 2.24) is 10.6 Å². The highest BCUT2D eigenvalue weighted by molar-refractivity contribution is 14.0. The molecule has 0 saturated carbocycles. The summed E-state index contributed by atoms with van der Waals surface area (Å²) in [5, 5.41) is 5.69. The number of nitrogens with one attached hydrogen (secondary N) is 2. The minimum Gasteiger partial charge on any atom is -0.444 e. The highest BCUT2D eigenvalue weighted by atomic mass is 127. The van der Waals surface area contributed by atoms with Gasteiger partial charge in [0.2, 0.25) is 0 Å². The summed E-state index contributed by atoms with van der Waals surface area (Å²) in [6.45, 7) is 15.7. The number of guanidine groups is 1. The van der Waals surface area contributed by atoms with E-state index in [4.69, 9.17) is 10.5 Å². The molecule has 0 saturated heterocycles. The number of hydrogen-bond acceptors (Lipinski definition) is 3. The van der Waals surface area contributed by atoms with Crippen LogP contribution in [-0.4, -0.2) is 36.3 Å². The predicted octanol–water partition coefficient (Wildman–Crippen LogP) is 2.39. The normalized spacial score (nSPS) is 12.2. The predicted molar refractivity (Wildman–Crippen MR) is 98.2 cm³/mol. The summed E-state index contributed by atoms with van der Waals surface area (Å²) in [7, 11) is 0. The molecule has 0 aliphatic heterocycles. The van der Waals surface area contributed by atoms with E-state index in [9.17, 15) is 4.79 Å². The van der Waals surface area contributed by atoms with Crippen LogP contribution in [-0.2, 0) is 4.74 Å². The van der Waals surface area contributed by atoms with Crippen molar-refractivity contribution in [3.05, 3.63) is 12.2 Å². The number of halogens is 1. The first-order valence-electron chi connectivity index (χ1n) is 6.61. The van der Waals surface area contributed by atoms with Crippen LogP contribution in [0.2, 0.25) is 0 Å². The molecule has 0 spiro atoms. The van der Waals surface area contributed by atoms with Gasteiger partial charge in [0.25, 0.3) is 0 Å². The van der Waals surface area contributed by atoms with Crippen LogP contribution in [0.25, 0.3) is 0 Å². The summed E-state index contributed by atoms with van der Waals surface area (Å²) in [5.41, 5.74) is 5.62. The Hall–Kier alpha value is -0.990. The van der Waals surface area contributed by atoms with Gasteiger partial charge in [-0.25, -0.2) is 4.79 Å². The first kappa shape index (κ1) is 22.3. The number of rotatable bonds is 5. The lowest BCUT2D eigenvalue weighted by atomic mass is 10.1. The van der Waals surface area contributed by atoms with Gasteiger partial charge in [-0.1, -0.05) is 12.2 Å². The maximum Gasteiger partial charge on any atom is 0.408 e. The van der Waals surface area contributed by atoms with E-state index >= 15 is 0 Å². The summed E-state index contributed by atoms with van der Waals surface area (Å²) in [4.78, 5) is 15.9. The molecule has 0 unspecified atom stereocenters. The fourth-order valence-electron chi connectivity index (χ4n) is 1.20. The summed E-state index contributed by atoms with van der Waals surface area (Å²) < 4.78 is 5.20. The topological polar surface area (TPSA) is 88.7 Å². The van der Waals surface area contributed by atoms with Crippen molar-refractivity contribution in [1.29, 1.82) is 0 Å². The summed E-state index contributed by atoms with van der Waals surface area (Å²) in [5.74, 6) is 0.326. The van der Waals surface area contributed by atoms with Crippen molar-refractivity contribution in [3.8, 4) is 0 Å². The molecule has 0 aliphatic rings. The number of nitrogens with two attached hydrogens (primary N) is 1. The molecule has 0 fully saturated rings. The zero-order valence-electron chi connectivity index (χ0n) is 13.9. The molecule has 0 radical (unpaired) electrons. The van der Waals surface area contributed by atoms with Crippen LogP contribution in [0.1, 0.15) is 41.5 Å². The van der Waals surface area contributed by atoms with Crippen molar-refractivity contribution in [2.75, 3.05) is 13.1 Å². The van der Waals surface area contributed by atoms with Crippen LogP contribution in [0, 0.1) is 0 Å². The quantitative estimate of drug-likeness (QED) is 0.280. The molecule has 0 heterocycles. The van der Waals surface area contributed by atoms with Gasteiger partial charge in [0.15, 0.2) is 5.96 Å². The fourth-order valence-corrected chi connectivity index (χ4v) is 1.20. The Balaban J connectivity index is 0. The molecule has 0 aromatic heterocycles. The highest BCUT2D eigenvalue weighted by Crippen LogP contribution is 2.09. The average molecular weight is 412 g/mol. The first-order chi connectivity index (χ1) is 8.91. The van der Waals surface area contributed by atoms with E-state index in [0.717, 1.165) is 5.57 Å². The minimum atomic E-state index is -0.544. The number of carbonyl (C=O) groups excluding carboxylic acids is 1. The monoisotopic (exact) mass is 412 g/mol. The largest absolute Gasteiger partial charge is 0.444 e. The molecule has 0 rings (SSSR count). The van der Waals surface area contributed by atoms with Crippen LogP contribution >= 0.6 is 24.0 Å². The number of nitrogens with zero attached hydrogens (tertiary/aromatic N) is 1. The molecule has 21 heavy (non-hydrogen) atoms. The van der Waals surface area contributed by atoms with Crippen LogP contribution < -0.4 is 16.4 Å². The van der Waals surface area contributed by atoms with Gasteiger partial charge < -0.3 is 21.1 Å². The van der Waals surface area contributed by atoms with Crippen molar-refractivity contribution in [2.24, 2.45) is 10.7 Å². The average Bonchev–Trinajstić information content (AvgIpc) is 2.19. The van der Waals surface area contributed by atoms with Crippen LogP contribution in [0.5, 0.6) is 0 Å². The minimum absolute atomic E-state index is 0. The van der Waals surface area contributed by atoms with Gasteiger partial charge in [0, 0.05) is 6.54 Å². The molecule has 0 aromatic rings. The van der Waals surface area contributed by atoms with Crippen molar-refractivity contribution >= 4 is 36.0 Å². The smallest absolute Gasteiger partial charge is 0.408 e. The van der Waals surface area contributed by atoms with Crippen LogP contribution in [0.4, 0.5) is 4.79 Å². The van der Waals surface area contributed by atoms with Crippen LogP contribution in [0.15, 0.2) is 17.1 Å². The van der Waals surface area contributed by atoms with Gasteiger partial charge in [-0.05, 0) is 41.5 Å². The van der Waals surface area contributed by atoms with E-state index in [1.165, 1.54) is 0 Å². The third-order valence-electron chi connectivity index (χ3n) is 2.06. The van der Waals surface area contributed by atoms with Gasteiger partial charge in [0.1, 0.15) is 5.60 Å². The van der Waals surface area contributed by atoms with Gasteiger partial charge in [-0.3, -0.25) is 4.99 Å². The number of ether oxygens (including phenoxy) is 1. The van der Waals surface area contributed by atoms with E-state index in [1.54, 1.807) is 0 Å².